The van der Waals surface area contributed by atoms with Crippen LogP contribution in [0.15, 0.2) is 60.0 Å². The lowest BCUT2D eigenvalue weighted by Crippen LogP contribution is -2.49. The van der Waals surface area contributed by atoms with Gasteiger partial charge < -0.3 is 30.3 Å². The number of likely N-dealkylation sites (tertiary alicyclic amines) is 1. The molecule has 1 spiro atoms. The second-order valence-electron chi connectivity index (χ2n) is 10.6. The summed E-state index contributed by atoms with van der Waals surface area (Å²) in [6, 6.07) is 16.2. The highest BCUT2D eigenvalue weighted by atomic mass is 32.1. The molecule has 0 radical (unpaired) electrons. The number of hydrogen-bond donors (Lipinski definition) is 3. The molecule has 2 atom stereocenters. The molecule has 6 rings (SSSR count). The minimum absolute atomic E-state index is 0.0361. The Kier molecular flexibility index (Phi) is 7.10. The smallest absolute Gasteiger partial charge is 0.254 e. The SMILES string of the molecule is C[C@@H](NC(=O)[C@@H]1CC2(CN1C(=O)CN1Cc3ccc(-c4ccccc4)cc3C1=O)OCCO2)c1cc(C(=N)N)cs1. The van der Waals surface area contributed by atoms with E-state index in [1.807, 2.05) is 55.5 Å². The lowest BCUT2D eigenvalue weighted by atomic mass is 10.0. The van der Waals surface area contributed by atoms with Crippen molar-refractivity contribution in [3.05, 3.63) is 81.5 Å². The van der Waals surface area contributed by atoms with Crippen LogP contribution in [0.3, 0.4) is 0 Å². The number of amidine groups is 1. The summed E-state index contributed by atoms with van der Waals surface area (Å²) in [6.45, 7) is 2.90. The third-order valence-electron chi connectivity index (χ3n) is 7.87. The van der Waals surface area contributed by atoms with Gasteiger partial charge >= 0.3 is 0 Å². The van der Waals surface area contributed by atoms with E-state index in [9.17, 15) is 14.4 Å². The number of thiophene rings is 1. The van der Waals surface area contributed by atoms with Crippen molar-refractivity contribution in [2.45, 2.75) is 37.8 Å². The maximum absolute atomic E-state index is 13.7. The zero-order chi connectivity index (χ0) is 28.7. The van der Waals surface area contributed by atoms with Gasteiger partial charge in [-0.25, -0.2) is 0 Å². The third-order valence-corrected chi connectivity index (χ3v) is 8.98. The molecule has 4 heterocycles. The first-order chi connectivity index (χ1) is 19.7. The highest BCUT2D eigenvalue weighted by Gasteiger charge is 2.53. The lowest BCUT2D eigenvalue weighted by molar-refractivity contribution is -0.152. The van der Waals surface area contributed by atoms with Gasteiger partial charge in [0, 0.05) is 34.3 Å². The van der Waals surface area contributed by atoms with Crippen LogP contribution < -0.4 is 11.1 Å². The number of nitrogen functional groups attached to an aromatic ring is 1. The molecule has 2 fully saturated rings. The number of carbonyl (C=O) groups excluding carboxylic acids is 3. The molecule has 2 saturated heterocycles. The summed E-state index contributed by atoms with van der Waals surface area (Å²) >= 11 is 1.40. The number of carbonyl (C=O) groups is 3. The van der Waals surface area contributed by atoms with Crippen molar-refractivity contribution in [3.8, 4) is 11.1 Å². The molecule has 10 nitrogen and oxygen atoms in total. The normalized spacial score (nSPS) is 19.9. The zero-order valence-electron chi connectivity index (χ0n) is 22.6. The van der Waals surface area contributed by atoms with E-state index in [1.54, 1.807) is 11.4 Å². The van der Waals surface area contributed by atoms with Crippen LogP contribution in [-0.2, 0) is 25.6 Å². The van der Waals surface area contributed by atoms with E-state index in [1.165, 1.54) is 21.1 Å². The van der Waals surface area contributed by atoms with E-state index in [0.717, 1.165) is 21.6 Å². The van der Waals surface area contributed by atoms with Gasteiger partial charge in [-0.15, -0.1) is 11.3 Å². The fourth-order valence-electron chi connectivity index (χ4n) is 5.70. The second-order valence-corrected chi connectivity index (χ2v) is 11.6. The number of ether oxygens (including phenoxy) is 2. The van der Waals surface area contributed by atoms with Crippen molar-refractivity contribution < 1.29 is 23.9 Å². The van der Waals surface area contributed by atoms with Gasteiger partial charge in [0.1, 0.15) is 18.4 Å². The number of hydrogen-bond acceptors (Lipinski definition) is 7. The Hall–Kier alpha value is -4.06. The Labute approximate surface area is 241 Å². The molecule has 3 aromatic rings. The summed E-state index contributed by atoms with van der Waals surface area (Å²) < 4.78 is 11.7. The minimum atomic E-state index is -1.03. The molecule has 0 unspecified atom stereocenters. The van der Waals surface area contributed by atoms with E-state index < -0.39 is 11.8 Å². The Morgan fingerprint density at radius 1 is 1.15 bits per heavy atom. The minimum Gasteiger partial charge on any atom is -0.384 e. The van der Waals surface area contributed by atoms with Crippen LogP contribution in [-0.4, -0.2) is 71.5 Å². The summed E-state index contributed by atoms with van der Waals surface area (Å²) in [5.41, 5.74) is 9.59. The molecular formula is C30H31N5O5S. The number of fused-ring (bicyclic) bond motifs is 1. The highest BCUT2D eigenvalue weighted by Crippen LogP contribution is 2.36. The molecular weight excluding hydrogens is 542 g/mol. The highest BCUT2D eigenvalue weighted by molar-refractivity contribution is 7.10. The topological polar surface area (TPSA) is 138 Å². The van der Waals surface area contributed by atoms with Gasteiger partial charge in [0.2, 0.25) is 11.8 Å². The number of rotatable bonds is 7. The van der Waals surface area contributed by atoms with Crippen molar-refractivity contribution in [2.24, 2.45) is 5.73 Å². The third kappa shape index (κ3) is 5.23. The number of nitrogens with zero attached hydrogens (tertiary/aromatic N) is 2. The summed E-state index contributed by atoms with van der Waals surface area (Å²) in [6.07, 6.45) is 0.203. The molecule has 0 saturated carbocycles. The first-order valence-corrected chi connectivity index (χ1v) is 14.4. The predicted octanol–water partition coefficient (Wildman–Crippen LogP) is 2.88. The number of nitrogens with two attached hydrogens (primary N) is 1. The number of nitrogens with one attached hydrogen (secondary N) is 2. The van der Waals surface area contributed by atoms with Crippen molar-refractivity contribution in [1.29, 1.82) is 5.41 Å². The van der Waals surface area contributed by atoms with Gasteiger partial charge in [-0.05, 0) is 35.7 Å². The molecule has 3 amide bonds. The Morgan fingerprint density at radius 3 is 2.61 bits per heavy atom. The molecule has 11 heteroatoms. The van der Waals surface area contributed by atoms with Gasteiger partial charge in [-0.1, -0.05) is 42.5 Å². The van der Waals surface area contributed by atoms with Crippen LogP contribution in [0.4, 0.5) is 0 Å². The molecule has 2 aromatic carbocycles. The standard InChI is InChI=1S/C30H31N5O5S/c1-18(25-12-22(16-41-25)27(31)32)33-28(37)24-13-30(39-9-10-40-30)17-35(24)26(36)15-34-14-21-8-7-20(11-23(21)29(34)38)19-5-3-2-4-6-19/h2-8,11-12,16,18,24H,9-10,13-15,17H2,1H3,(H3,31,32)(H,33,37)/t18-,24+/m1/s1. The number of benzene rings is 2. The molecule has 212 valence electrons. The maximum Gasteiger partial charge on any atom is 0.254 e. The van der Waals surface area contributed by atoms with Gasteiger partial charge in [-0.2, -0.15) is 0 Å². The average Bonchev–Trinajstić information content (AvgIpc) is 3.77. The fraction of sp³-hybridized carbons (Fsp3) is 0.333. The largest absolute Gasteiger partial charge is 0.384 e. The molecule has 3 aliphatic heterocycles. The first kappa shape index (κ1) is 27.1. The molecule has 1 aromatic heterocycles. The zero-order valence-corrected chi connectivity index (χ0v) is 23.4. The Bertz CT molecular complexity index is 1520. The van der Waals surface area contributed by atoms with Crippen molar-refractivity contribution in [3.63, 3.8) is 0 Å². The van der Waals surface area contributed by atoms with Crippen LogP contribution in [0.25, 0.3) is 11.1 Å². The second kappa shape index (κ2) is 10.7. The van der Waals surface area contributed by atoms with Crippen LogP contribution in [0.2, 0.25) is 0 Å². The first-order valence-electron chi connectivity index (χ1n) is 13.5. The van der Waals surface area contributed by atoms with E-state index in [0.29, 0.717) is 30.9 Å². The molecule has 3 aliphatic rings. The quantitative estimate of drug-likeness (QED) is 0.294. The van der Waals surface area contributed by atoms with Crippen molar-refractivity contribution in [2.75, 3.05) is 26.3 Å². The van der Waals surface area contributed by atoms with Gasteiger partial charge in [0.05, 0.1) is 25.8 Å². The van der Waals surface area contributed by atoms with Crippen LogP contribution in [0.5, 0.6) is 0 Å². The van der Waals surface area contributed by atoms with E-state index >= 15 is 0 Å². The van der Waals surface area contributed by atoms with E-state index in [4.69, 9.17) is 20.6 Å². The van der Waals surface area contributed by atoms with E-state index in [-0.39, 0.29) is 49.1 Å². The predicted molar refractivity (Wildman–Crippen MR) is 153 cm³/mol. The molecule has 0 aliphatic carbocycles. The van der Waals surface area contributed by atoms with Crippen molar-refractivity contribution >= 4 is 34.9 Å². The maximum atomic E-state index is 13.7. The average molecular weight is 574 g/mol. The van der Waals surface area contributed by atoms with Gasteiger partial charge in [0.15, 0.2) is 5.79 Å². The van der Waals surface area contributed by atoms with E-state index in [2.05, 4.69) is 5.32 Å². The summed E-state index contributed by atoms with van der Waals surface area (Å²) in [5, 5.41) is 12.4. The summed E-state index contributed by atoms with van der Waals surface area (Å²) in [5.74, 6) is -1.95. The van der Waals surface area contributed by atoms with Crippen molar-refractivity contribution in [1.82, 2.24) is 15.1 Å². The summed E-state index contributed by atoms with van der Waals surface area (Å²) in [7, 11) is 0. The van der Waals surface area contributed by atoms with Gasteiger partial charge in [-0.3, -0.25) is 19.8 Å². The van der Waals surface area contributed by atoms with Crippen LogP contribution >= 0.6 is 11.3 Å². The van der Waals surface area contributed by atoms with Crippen LogP contribution in [0, 0.1) is 5.41 Å². The molecule has 0 bridgehead atoms. The lowest BCUT2D eigenvalue weighted by Gasteiger charge is -2.27. The van der Waals surface area contributed by atoms with Gasteiger partial charge in [0.25, 0.3) is 5.91 Å². The Morgan fingerprint density at radius 2 is 1.90 bits per heavy atom. The molecule has 4 N–H and O–H groups in total. The monoisotopic (exact) mass is 573 g/mol. The van der Waals surface area contributed by atoms with Crippen LogP contribution in [0.1, 0.15) is 45.7 Å². The molecule has 41 heavy (non-hydrogen) atoms. The fourth-order valence-corrected chi connectivity index (χ4v) is 6.61. The Balaban J connectivity index is 1.17. The number of amides is 3. The summed E-state index contributed by atoms with van der Waals surface area (Å²) in [4.78, 5) is 44.4.